The van der Waals surface area contributed by atoms with E-state index >= 15 is 17.6 Å². The van der Waals surface area contributed by atoms with Crippen molar-refractivity contribution in [2.45, 2.75) is 228 Å². The van der Waals surface area contributed by atoms with Gasteiger partial charge in [0.15, 0.2) is 0 Å². The maximum absolute atomic E-state index is 15.1. The number of piperazine rings is 2. The van der Waals surface area contributed by atoms with Crippen molar-refractivity contribution in [1.29, 1.82) is 0 Å². The number of benzene rings is 4. The second kappa shape index (κ2) is 42.6. The minimum Gasteiger partial charge on any atom is -0.379 e. The fraction of sp³-hybridized carbons (Fsp3) is 0.542. The molecule has 0 aliphatic carbocycles. The van der Waals surface area contributed by atoms with E-state index < -0.39 is 124 Å². The van der Waals surface area contributed by atoms with Gasteiger partial charge >= 0.3 is 0 Å². The molecule has 11 rings (SSSR count). The van der Waals surface area contributed by atoms with Crippen LogP contribution in [0.1, 0.15) is 220 Å². The zero-order valence-electron chi connectivity index (χ0n) is 79.4. The smallest absolute Gasteiger partial charge is 0.278 e. The first-order chi connectivity index (χ1) is 60.7. The third kappa shape index (κ3) is 30.0. The number of hydrogen-bond acceptors (Lipinski definition) is 12. The Labute approximate surface area is 766 Å². The molecule has 0 unspecified atom stereocenters. The second-order valence-electron chi connectivity index (χ2n) is 38.7. The van der Waals surface area contributed by atoms with Gasteiger partial charge < -0.3 is 60.2 Å². The Kier molecular flexibility index (Phi) is 34.9. The number of carbonyl (C=O) groups excluding carboxylic acids is 4. The number of carbonyl (C=O) groups is 4. The van der Waals surface area contributed by atoms with Gasteiger partial charge in [0.2, 0.25) is 10.0 Å². The number of morpholine rings is 1. The lowest BCUT2D eigenvalue weighted by Gasteiger charge is -2.32. The van der Waals surface area contributed by atoms with Gasteiger partial charge in [-0.25, -0.2) is 69.9 Å². The third-order valence-corrected chi connectivity index (χ3v) is 24.7. The molecule has 0 saturated carbocycles. The maximum atomic E-state index is 15.1. The third-order valence-electron chi connectivity index (χ3n) is 22.9. The topological polar surface area (TPSA) is 225 Å². The molecule has 4 aromatic carbocycles. The Morgan fingerprint density at radius 1 is 0.356 bits per heavy atom. The largest absolute Gasteiger partial charge is 0.379 e. The van der Waals surface area contributed by atoms with Crippen LogP contribution in [0.3, 0.4) is 0 Å². The molecule has 21 nitrogen and oxygen atoms in total. The molecule has 3 fully saturated rings. The number of nitrogens with zero attached hydrogens (tertiary/aromatic N) is 7. The molecule has 3 aliphatic heterocycles. The van der Waals surface area contributed by atoms with Crippen LogP contribution in [0.15, 0.2) is 121 Å². The molecule has 4 aromatic heterocycles. The Balaban J connectivity index is 0.000000217. The summed E-state index contributed by atoms with van der Waals surface area (Å²) >= 11 is 0. The minimum atomic E-state index is -3.44. The number of rotatable bonds is 28. The predicted octanol–water partition coefficient (Wildman–Crippen LogP) is 19.4. The summed E-state index contributed by atoms with van der Waals surface area (Å²) in [7, 11) is -1.99. The summed E-state index contributed by atoms with van der Waals surface area (Å²) in [6.45, 7) is 36.6. The van der Waals surface area contributed by atoms with E-state index in [4.69, 9.17) is 4.74 Å². The highest BCUT2D eigenvalue weighted by molar-refractivity contribution is 7.89. The van der Waals surface area contributed by atoms with E-state index in [1.54, 1.807) is 67.8 Å². The number of alkyl halides is 14. The lowest BCUT2D eigenvalue weighted by Crippen LogP contribution is -2.49. The first kappa shape index (κ1) is 108. The van der Waals surface area contributed by atoms with Crippen LogP contribution in [0.25, 0.3) is 0 Å². The molecule has 36 heteroatoms. The molecule has 8 aromatic rings. The van der Waals surface area contributed by atoms with Crippen molar-refractivity contribution in [3.8, 4) is 0 Å². The van der Waals surface area contributed by atoms with Crippen molar-refractivity contribution in [2.75, 3.05) is 132 Å². The maximum Gasteiger partial charge on any atom is 0.278 e. The highest BCUT2D eigenvalue weighted by Gasteiger charge is 2.41. The van der Waals surface area contributed by atoms with Gasteiger partial charge in [-0.05, 0) is 108 Å². The first-order valence-electron chi connectivity index (χ1n) is 43.9. The van der Waals surface area contributed by atoms with Crippen molar-refractivity contribution >= 4 is 56.4 Å². The van der Waals surface area contributed by atoms with Gasteiger partial charge in [-0.3, -0.25) is 29.0 Å². The van der Waals surface area contributed by atoms with Crippen LogP contribution in [0.4, 0.5) is 84.2 Å². The lowest BCUT2D eigenvalue weighted by molar-refractivity contribution is -0.0680. The van der Waals surface area contributed by atoms with Crippen LogP contribution in [-0.2, 0) is 86.3 Å². The summed E-state index contributed by atoms with van der Waals surface area (Å²) in [5, 5.41) is 19.4. The molecule has 730 valence electrons. The minimum absolute atomic E-state index is 0.0692. The normalized spacial score (nSPS) is 15.3. The zero-order chi connectivity index (χ0) is 98.8. The van der Waals surface area contributed by atoms with Crippen molar-refractivity contribution in [1.82, 2.24) is 48.3 Å². The molecular formula is C96H130F14N14O7S. The molecule has 3 aliphatic rings. The molecule has 4 amide bonds. The van der Waals surface area contributed by atoms with Gasteiger partial charge in [0.05, 0.1) is 80.5 Å². The molecule has 0 bridgehead atoms. The molecule has 0 atom stereocenters. The van der Waals surface area contributed by atoms with Crippen molar-refractivity contribution < 1.29 is 93.8 Å². The van der Waals surface area contributed by atoms with Crippen LogP contribution in [-0.4, -0.2) is 193 Å². The number of sulfonamides is 1. The monoisotopic (exact) mass is 1890 g/mol. The van der Waals surface area contributed by atoms with E-state index in [1.165, 1.54) is 116 Å². The van der Waals surface area contributed by atoms with Crippen LogP contribution < -0.4 is 37.2 Å². The van der Waals surface area contributed by atoms with E-state index in [2.05, 4.69) is 37.2 Å². The highest BCUT2D eigenvalue weighted by Crippen LogP contribution is 2.40. The van der Waals surface area contributed by atoms with Crippen molar-refractivity contribution in [3.63, 3.8) is 0 Å². The number of aromatic nitrogens is 4. The SMILES string of the molecule is CNCC(F)(F)Cn1c(C(C)(C)C)cc(C(=O)Nc2cccc(C(C)(F)F)c2)c1C.Cc1c(C(=O)Nc2cccc(C(C)(F)F)c2)cc(C(C)(C)C)n1CC(F)(F)CN1CCNCC1.Cc1c(C(=O)Nc2cccc(C(C)(F)F)c2)cc(C(C)(C)C)n1CC(F)(F)CN1CCOCC1.Cc1c(C(=O)Nc2cccc(C(C)(F)F)c2)cc(C(C)(C)C)n1CCS(=O)(=O)N1CCNCC1. The number of nitrogens with one attached hydrogen (secondary N) is 7. The number of halogens is 14. The average molecular weight is 1890 g/mol. The zero-order valence-corrected chi connectivity index (χ0v) is 80.2. The molecule has 7 N–H and O–H groups in total. The molecular weight excluding hydrogens is 1760 g/mol. The van der Waals surface area contributed by atoms with E-state index in [-0.39, 0.29) is 86.0 Å². The van der Waals surface area contributed by atoms with E-state index in [1.807, 2.05) is 87.7 Å². The quantitative estimate of drug-likeness (QED) is 0.0227. The summed E-state index contributed by atoms with van der Waals surface area (Å²) < 4.78 is 237. The Morgan fingerprint density at radius 2 is 0.614 bits per heavy atom. The van der Waals surface area contributed by atoms with Gasteiger partial charge in [0, 0.05) is 212 Å². The summed E-state index contributed by atoms with van der Waals surface area (Å²) in [5.41, 5.74) is 3.84. The average Bonchev–Trinajstić information content (AvgIpc) is 1.63. The number of amides is 4. The van der Waals surface area contributed by atoms with E-state index in [0.29, 0.717) is 124 Å². The van der Waals surface area contributed by atoms with Crippen LogP contribution in [0.5, 0.6) is 0 Å². The first-order valence-corrected chi connectivity index (χ1v) is 45.5. The van der Waals surface area contributed by atoms with Crippen LogP contribution in [0.2, 0.25) is 0 Å². The van der Waals surface area contributed by atoms with Gasteiger partial charge in [0.25, 0.3) is 65.1 Å². The molecule has 0 radical (unpaired) electrons. The predicted molar refractivity (Wildman–Crippen MR) is 491 cm³/mol. The Morgan fingerprint density at radius 3 is 0.886 bits per heavy atom. The fourth-order valence-electron chi connectivity index (χ4n) is 15.8. The summed E-state index contributed by atoms with van der Waals surface area (Å²) in [5.74, 6) is -23.3. The summed E-state index contributed by atoms with van der Waals surface area (Å²) in [6.07, 6.45) is 0. The van der Waals surface area contributed by atoms with Gasteiger partial charge in [0.1, 0.15) is 0 Å². The van der Waals surface area contributed by atoms with E-state index in [9.17, 15) is 71.5 Å². The second-order valence-corrected chi connectivity index (χ2v) is 40.8. The Hall–Kier alpha value is -9.43. The summed E-state index contributed by atoms with van der Waals surface area (Å²) in [6, 6.07) is 28.5. The van der Waals surface area contributed by atoms with Crippen LogP contribution >= 0.6 is 0 Å². The lowest BCUT2D eigenvalue weighted by atomic mass is 9.91. The van der Waals surface area contributed by atoms with Gasteiger partial charge in [-0.2, -0.15) is 4.31 Å². The van der Waals surface area contributed by atoms with Crippen molar-refractivity contribution in [3.05, 3.63) is 211 Å². The highest BCUT2D eigenvalue weighted by atomic mass is 32.2. The number of anilines is 4. The van der Waals surface area contributed by atoms with Crippen LogP contribution in [0, 0.1) is 27.7 Å². The van der Waals surface area contributed by atoms with E-state index in [0.717, 1.165) is 33.4 Å². The summed E-state index contributed by atoms with van der Waals surface area (Å²) in [4.78, 5) is 55.5. The standard InChI is InChI=1S/C25H34F4N4O.C25H33F4N3O2.C24H34F2N4O3S.C22H29F4N3O/c1-17-20(22(34)31-19-8-6-7-18(13-19)24(5,26)27)14-21(23(2,3)4)33(17)16-25(28,29)15-32-11-9-30-10-12-32;1-17-20(22(33)30-19-8-6-7-18(13-19)24(5,26)27)14-21(23(2,3)4)32(17)16-25(28,29)15-31-9-11-34-12-10-31;1-17-20(22(31)28-19-8-6-7-18(15-19)24(5,25)26)16-21(23(2,3)4)30(17)13-14-34(32,33)29-11-9-27-10-12-29;1-14-17(19(30)28-16-9-7-8-15(10-16)21(5,23)24)11-18(20(2,3)4)29(14)13-22(25,26)12-27-6/h6-8,13-14,30H,9-12,15-16H2,1-5H3,(H,31,34);6-8,13-14H,9-12,15-16H2,1-5H3,(H,30,33);6-8,15-16,27H,9-14H2,1-5H3,(H,28,31);7-11,27H,12-13H2,1-6H3,(H,28,30). The fourth-order valence-corrected chi connectivity index (χ4v) is 17.2. The van der Waals surface area contributed by atoms with Gasteiger partial charge in [-0.15, -0.1) is 0 Å². The number of hydrogen-bond donors (Lipinski definition) is 7. The molecule has 7 heterocycles. The van der Waals surface area contributed by atoms with Gasteiger partial charge in [-0.1, -0.05) is 132 Å². The van der Waals surface area contributed by atoms with Crippen molar-refractivity contribution in [2.24, 2.45) is 0 Å². The molecule has 132 heavy (non-hydrogen) atoms. The molecule has 3 saturated heterocycles. The Bertz CT molecular complexity index is 5240. The number of ether oxygens (including phenoxy) is 1. The molecule has 0 spiro atoms.